The van der Waals surface area contributed by atoms with Crippen molar-refractivity contribution in [3.05, 3.63) is 11.3 Å². The summed E-state index contributed by atoms with van der Waals surface area (Å²) in [7, 11) is 0. The summed E-state index contributed by atoms with van der Waals surface area (Å²) in [5.74, 6) is 0.429. The number of hydrogen-bond acceptors (Lipinski definition) is 5. The molecule has 0 aromatic rings. The third-order valence-corrected chi connectivity index (χ3v) is 5.72. The van der Waals surface area contributed by atoms with Crippen molar-refractivity contribution in [2.75, 3.05) is 32.7 Å². The molecule has 0 radical (unpaired) electrons. The van der Waals surface area contributed by atoms with Crippen molar-refractivity contribution >= 4 is 17.5 Å². The van der Waals surface area contributed by atoms with E-state index in [1.165, 1.54) is 0 Å². The summed E-state index contributed by atoms with van der Waals surface area (Å²) in [6.07, 6.45) is 5.16. The van der Waals surface area contributed by atoms with Gasteiger partial charge >= 0.3 is 0 Å². The highest BCUT2D eigenvalue weighted by atomic mass is 16.3. The normalized spacial score (nSPS) is 21.1. The standard InChI is InChI=1S/C22H38N4O3/c1-4-11-25(12-8-16(2)3)20(28)15-24-19-7-5-6-18(19)21(23)22(29)26-13-9-17(27)10-14-26/h16-17,27H,4-15,23H2,1-3H3/b21-18-,24-19?. The van der Waals surface area contributed by atoms with Crippen LogP contribution >= 0.6 is 0 Å². The van der Waals surface area contributed by atoms with Crippen LogP contribution in [0.15, 0.2) is 16.3 Å². The molecule has 29 heavy (non-hydrogen) atoms. The minimum absolute atomic E-state index is 0.0427. The Kier molecular flexibility index (Phi) is 9.14. The number of aliphatic hydroxyl groups is 1. The molecule has 1 saturated carbocycles. The zero-order chi connectivity index (χ0) is 21.4. The fraction of sp³-hybridized carbons (Fsp3) is 0.773. The van der Waals surface area contributed by atoms with Crippen LogP contribution in [0.25, 0.3) is 0 Å². The molecule has 2 amide bonds. The van der Waals surface area contributed by atoms with Crippen LogP contribution in [0.5, 0.6) is 0 Å². The number of rotatable bonds is 8. The molecule has 2 aliphatic rings. The lowest BCUT2D eigenvalue weighted by atomic mass is 10.1. The van der Waals surface area contributed by atoms with Crippen LogP contribution in [0.4, 0.5) is 0 Å². The van der Waals surface area contributed by atoms with Crippen molar-refractivity contribution in [1.29, 1.82) is 0 Å². The average molecular weight is 407 g/mol. The molecule has 7 heteroatoms. The number of nitrogens with two attached hydrogens (primary N) is 1. The van der Waals surface area contributed by atoms with Crippen LogP contribution in [0, 0.1) is 5.92 Å². The molecule has 0 bridgehead atoms. The van der Waals surface area contributed by atoms with Gasteiger partial charge in [-0.3, -0.25) is 14.6 Å². The van der Waals surface area contributed by atoms with Gasteiger partial charge in [-0.2, -0.15) is 0 Å². The second-order valence-corrected chi connectivity index (χ2v) is 8.60. The number of piperidine rings is 1. The molecule has 1 saturated heterocycles. The van der Waals surface area contributed by atoms with E-state index in [0.29, 0.717) is 31.8 Å². The molecule has 2 rings (SSSR count). The van der Waals surface area contributed by atoms with Gasteiger partial charge in [0.05, 0.1) is 6.10 Å². The van der Waals surface area contributed by atoms with Crippen LogP contribution in [-0.4, -0.2) is 71.3 Å². The zero-order valence-electron chi connectivity index (χ0n) is 18.3. The zero-order valence-corrected chi connectivity index (χ0v) is 18.3. The van der Waals surface area contributed by atoms with E-state index in [0.717, 1.165) is 56.5 Å². The van der Waals surface area contributed by atoms with Crippen LogP contribution in [0.3, 0.4) is 0 Å². The first-order chi connectivity index (χ1) is 13.8. The first kappa shape index (κ1) is 23.4. The van der Waals surface area contributed by atoms with Crippen LogP contribution in [0.1, 0.15) is 65.7 Å². The Morgan fingerprint density at radius 2 is 1.93 bits per heavy atom. The van der Waals surface area contributed by atoms with Crippen LogP contribution in [-0.2, 0) is 9.59 Å². The van der Waals surface area contributed by atoms with Gasteiger partial charge in [0, 0.05) is 37.5 Å². The topological polar surface area (TPSA) is 99.2 Å². The van der Waals surface area contributed by atoms with Gasteiger partial charge in [0.1, 0.15) is 12.2 Å². The highest BCUT2D eigenvalue weighted by molar-refractivity contribution is 6.09. The van der Waals surface area contributed by atoms with Gasteiger partial charge in [0.2, 0.25) is 5.91 Å². The van der Waals surface area contributed by atoms with Gasteiger partial charge in [-0.15, -0.1) is 0 Å². The van der Waals surface area contributed by atoms with Gasteiger partial charge in [-0.05, 0) is 50.9 Å². The maximum Gasteiger partial charge on any atom is 0.270 e. The molecular formula is C22H38N4O3. The summed E-state index contributed by atoms with van der Waals surface area (Å²) in [4.78, 5) is 33.6. The Hall–Kier alpha value is -1.89. The van der Waals surface area contributed by atoms with Gasteiger partial charge < -0.3 is 20.6 Å². The lowest BCUT2D eigenvalue weighted by Gasteiger charge is -2.30. The smallest absolute Gasteiger partial charge is 0.270 e. The lowest BCUT2D eigenvalue weighted by Crippen LogP contribution is -2.42. The first-order valence-electron chi connectivity index (χ1n) is 11.1. The van der Waals surface area contributed by atoms with Crippen molar-refractivity contribution in [2.45, 2.75) is 71.8 Å². The Morgan fingerprint density at radius 3 is 2.55 bits per heavy atom. The van der Waals surface area contributed by atoms with E-state index in [9.17, 15) is 14.7 Å². The van der Waals surface area contributed by atoms with Gasteiger partial charge in [0.25, 0.3) is 5.91 Å². The monoisotopic (exact) mass is 406 g/mol. The molecule has 164 valence electrons. The Morgan fingerprint density at radius 1 is 1.24 bits per heavy atom. The quantitative estimate of drug-likeness (QED) is 0.603. The molecule has 0 spiro atoms. The van der Waals surface area contributed by atoms with E-state index in [-0.39, 0.29) is 30.2 Å². The number of carbonyl (C=O) groups excluding carboxylic acids is 2. The van der Waals surface area contributed by atoms with E-state index >= 15 is 0 Å². The van der Waals surface area contributed by atoms with Crippen molar-refractivity contribution in [1.82, 2.24) is 9.80 Å². The number of nitrogens with zero attached hydrogens (tertiary/aromatic N) is 3. The molecule has 2 fully saturated rings. The van der Waals surface area contributed by atoms with Crippen LogP contribution < -0.4 is 5.73 Å². The Balaban J connectivity index is 2.04. The van der Waals surface area contributed by atoms with E-state index in [2.05, 4.69) is 25.8 Å². The first-order valence-corrected chi connectivity index (χ1v) is 11.1. The fourth-order valence-corrected chi connectivity index (χ4v) is 3.87. The third-order valence-electron chi connectivity index (χ3n) is 5.72. The summed E-state index contributed by atoms with van der Waals surface area (Å²) in [5.41, 5.74) is 8.09. The predicted molar refractivity (Wildman–Crippen MR) is 116 cm³/mol. The SMILES string of the molecule is CCCN(CCC(C)C)C(=O)CN=C1CCC/C1=C(/N)C(=O)N1CCC(O)CC1. The number of hydrogen-bond donors (Lipinski definition) is 2. The maximum atomic E-state index is 12.7. The van der Waals surface area contributed by atoms with E-state index < -0.39 is 0 Å². The van der Waals surface area contributed by atoms with Crippen molar-refractivity contribution in [3.63, 3.8) is 0 Å². The van der Waals surface area contributed by atoms with Crippen molar-refractivity contribution in [3.8, 4) is 0 Å². The Labute approximate surface area is 175 Å². The van der Waals surface area contributed by atoms with Crippen LogP contribution in [0.2, 0.25) is 0 Å². The van der Waals surface area contributed by atoms with E-state index in [4.69, 9.17) is 5.73 Å². The maximum absolute atomic E-state index is 12.7. The number of allylic oxidation sites excluding steroid dienone is 1. The highest BCUT2D eigenvalue weighted by Gasteiger charge is 2.27. The minimum atomic E-state index is -0.329. The molecule has 1 aliphatic heterocycles. The molecule has 0 aromatic heterocycles. The van der Waals surface area contributed by atoms with Crippen molar-refractivity contribution in [2.24, 2.45) is 16.6 Å². The highest BCUT2D eigenvalue weighted by Crippen LogP contribution is 2.25. The lowest BCUT2D eigenvalue weighted by molar-refractivity contribution is -0.130. The summed E-state index contributed by atoms with van der Waals surface area (Å²) in [6.45, 7) is 9.08. The number of aliphatic imine (C=N–C) groups is 1. The van der Waals surface area contributed by atoms with E-state index in [1.807, 2.05) is 4.90 Å². The largest absolute Gasteiger partial charge is 0.394 e. The second-order valence-electron chi connectivity index (χ2n) is 8.60. The van der Waals surface area contributed by atoms with Crippen molar-refractivity contribution < 1.29 is 14.7 Å². The van der Waals surface area contributed by atoms with Gasteiger partial charge in [-0.25, -0.2) is 0 Å². The molecule has 0 atom stereocenters. The molecule has 0 aromatic carbocycles. The Bertz CT molecular complexity index is 634. The molecule has 0 unspecified atom stereocenters. The summed E-state index contributed by atoms with van der Waals surface area (Å²) >= 11 is 0. The molecule has 1 aliphatic carbocycles. The molecule has 3 N–H and O–H groups in total. The van der Waals surface area contributed by atoms with Gasteiger partial charge in [-0.1, -0.05) is 20.8 Å². The number of amides is 2. The molecular weight excluding hydrogens is 368 g/mol. The number of carbonyl (C=O) groups is 2. The fourth-order valence-electron chi connectivity index (χ4n) is 3.87. The summed E-state index contributed by atoms with van der Waals surface area (Å²) < 4.78 is 0. The summed E-state index contributed by atoms with van der Waals surface area (Å²) in [5, 5.41) is 9.64. The number of likely N-dealkylation sites (tertiary alicyclic amines) is 1. The number of aliphatic hydroxyl groups excluding tert-OH is 1. The molecule has 1 heterocycles. The van der Waals surface area contributed by atoms with Gasteiger partial charge in [0.15, 0.2) is 0 Å². The van der Waals surface area contributed by atoms with E-state index in [1.54, 1.807) is 4.90 Å². The second kappa shape index (κ2) is 11.3. The average Bonchev–Trinajstić information content (AvgIpc) is 3.17. The summed E-state index contributed by atoms with van der Waals surface area (Å²) in [6, 6.07) is 0. The predicted octanol–water partition coefficient (Wildman–Crippen LogP) is 2.09. The minimum Gasteiger partial charge on any atom is -0.394 e. The third kappa shape index (κ3) is 6.84. The molecule has 7 nitrogen and oxygen atoms in total.